The van der Waals surface area contributed by atoms with Crippen molar-refractivity contribution >= 4 is 38.7 Å². The standard InChI is InChI=1S/C13H15Cl2N3O2S/c1-2-21(19,20)6-5-18-8-12(16)13(17-18)10-7-9(14)3-4-11(10)15/h3-4,7-8H,2,5-6,16H2,1H3. The molecule has 0 radical (unpaired) electrons. The van der Waals surface area contributed by atoms with Crippen LogP contribution >= 0.6 is 23.2 Å². The van der Waals surface area contributed by atoms with Gasteiger partial charge in [-0.2, -0.15) is 5.10 Å². The predicted molar refractivity (Wildman–Crippen MR) is 86.4 cm³/mol. The summed E-state index contributed by atoms with van der Waals surface area (Å²) in [5.41, 5.74) is 7.47. The molecule has 2 aromatic rings. The molecule has 0 aliphatic rings. The lowest BCUT2D eigenvalue weighted by Gasteiger charge is -2.03. The Morgan fingerprint density at radius 2 is 2.05 bits per heavy atom. The number of aromatic nitrogens is 2. The fourth-order valence-electron chi connectivity index (χ4n) is 1.82. The Balaban J connectivity index is 2.29. The van der Waals surface area contributed by atoms with Gasteiger partial charge < -0.3 is 5.73 Å². The fraction of sp³-hybridized carbons (Fsp3) is 0.308. The monoisotopic (exact) mass is 347 g/mol. The molecule has 1 heterocycles. The minimum atomic E-state index is -3.05. The second kappa shape index (κ2) is 6.25. The van der Waals surface area contributed by atoms with E-state index in [-0.39, 0.29) is 18.1 Å². The molecule has 0 spiro atoms. The summed E-state index contributed by atoms with van der Waals surface area (Å²) in [7, 11) is -3.05. The van der Waals surface area contributed by atoms with Gasteiger partial charge in [-0.15, -0.1) is 0 Å². The number of rotatable bonds is 5. The highest BCUT2D eigenvalue weighted by Crippen LogP contribution is 2.32. The summed E-state index contributed by atoms with van der Waals surface area (Å²) >= 11 is 12.1. The lowest BCUT2D eigenvalue weighted by atomic mass is 10.1. The normalized spacial score (nSPS) is 11.8. The molecule has 8 heteroatoms. The van der Waals surface area contributed by atoms with E-state index in [0.717, 1.165) is 0 Å². The molecule has 0 fully saturated rings. The third-order valence-electron chi connectivity index (χ3n) is 3.04. The summed E-state index contributed by atoms with van der Waals surface area (Å²) in [6, 6.07) is 5.02. The minimum absolute atomic E-state index is 0.0212. The lowest BCUT2D eigenvalue weighted by Crippen LogP contribution is -2.14. The van der Waals surface area contributed by atoms with Crippen LogP contribution in [0.1, 0.15) is 6.92 Å². The number of hydrogen-bond donors (Lipinski definition) is 1. The van der Waals surface area contributed by atoms with Gasteiger partial charge in [-0.3, -0.25) is 4.68 Å². The van der Waals surface area contributed by atoms with Gasteiger partial charge in [0.05, 0.1) is 23.0 Å². The van der Waals surface area contributed by atoms with Crippen LogP contribution < -0.4 is 5.73 Å². The second-order valence-corrected chi connectivity index (χ2v) is 7.87. The van der Waals surface area contributed by atoms with E-state index in [1.54, 1.807) is 31.3 Å². The molecule has 2 N–H and O–H groups in total. The van der Waals surface area contributed by atoms with Crippen LogP contribution in [0.4, 0.5) is 5.69 Å². The molecule has 5 nitrogen and oxygen atoms in total. The first kappa shape index (κ1) is 16.1. The van der Waals surface area contributed by atoms with Gasteiger partial charge in [0.25, 0.3) is 0 Å². The van der Waals surface area contributed by atoms with E-state index >= 15 is 0 Å². The number of nitrogens with two attached hydrogens (primary N) is 1. The van der Waals surface area contributed by atoms with Crippen molar-refractivity contribution in [3.8, 4) is 11.3 Å². The van der Waals surface area contributed by atoms with Crippen LogP contribution in [0, 0.1) is 0 Å². The third kappa shape index (κ3) is 3.90. The Bertz CT molecular complexity index is 757. The topological polar surface area (TPSA) is 78.0 Å². The Morgan fingerprint density at radius 1 is 1.33 bits per heavy atom. The maximum absolute atomic E-state index is 11.5. The highest BCUT2D eigenvalue weighted by Gasteiger charge is 2.14. The maximum atomic E-state index is 11.5. The van der Waals surface area contributed by atoms with Crippen molar-refractivity contribution in [2.45, 2.75) is 13.5 Å². The number of nitrogen functional groups attached to an aromatic ring is 1. The van der Waals surface area contributed by atoms with Crippen molar-refractivity contribution in [3.63, 3.8) is 0 Å². The number of aryl methyl sites for hydroxylation is 1. The summed E-state index contributed by atoms with van der Waals surface area (Å²) in [5.74, 6) is 0.129. The molecular formula is C13H15Cl2N3O2S. The molecule has 114 valence electrons. The van der Waals surface area contributed by atoms with Gasteiger partial charge in [0.2, 0.25) is 0 Å². The van der Waals surface area contributed by atoms with Crippen LogP contribution in [0.15, 0.2) is 24.4 Å². The molecule has 0 saturated carbocycles. The van der Waals surface area contributed by atoms with Gasteiger partial charge in [-0.05, 0) is 18.2 Å². The molecule has 21 heavy (non-hydrogen) atoms. The first-order valence-electron chi connectivity index (χ1n) is 6.31. The first-order chi connectivity index (χ1) is 9.82. The van der Waals surface area contributed by atoms with Crippen LogP contribution in [-0.4, -0.2) is 29.7 Å². The van der Waals surface area contributed by atoms with E-state index in [9.17, 15) is 8.42 Å². The quantitative estimate of drug-likeness (QED) is 0.901. The van der Waals surface area contributed by atoms with Gasteiger partial charge >= 0.3 is 0 Å². The Kier molecular flexibility index (Phi) is 4.81. The SMILES string of the molecule is CCS(=O)(=O)CCn1cc(N)c(-c2cc(Cl)ccc2Cl)n1. The largest absolute Gasteiger partial charge is 0.396 e. The Hall–Kier alpha value is -1.24. The second-order valence-electron chi connectivity index (χ2n) is 4.56. The van der Waals surface area contributed by atoms with E-state index < -0.39 is 9.84 Å². The maximum Gasteiger partial charge on any atom is 0.151 e. The van der Waals surface area contributed by atoms with Crippen LogP contribution in [0.2, 0.25) is 10.0 Å². The number of sulfone groups is 1. The van der Waals surface area contributed by atoms with E-state index in [1.807, 2.05) is 0 Å². The zero-order chi connectivity index (χ0) is 15.6. The average molecular weight is 348 g/mol. The molecule has 0 aliphatic carbocycles. The van der Waals surface area contributed by atoms with Gasteiger partial charge in [-0.25, -0.2) is 8.42 Å². The van der Waals surface area contributed by atoms with Crippen molar-refractivity contribution < 1.29 is 8.42 Å². The van der Waals surface area contributed by atoms with Gasteiger partial charge in [0.1, 0.15) is 5.69 Å². The van der Waals surface area contributed by atoms with Crippen molar-refractivity contribution in [1.29, 1.82) is 0 Å². The summed E-state index contributed by atoms with van der Waals surface area (Å²) in [6.45, 7) is 1.86. The molecule has 0 bridgehead atoms. The summed E-state index contributed by atoms with van der Waals surface area (Å²) in [4.78, 5) is 0. The van der Waals surface area contributed by atoms with Gasteiger partial charge in [-0.1, -0.05) is 30.1 Å². The van der Waals surface area contributed by atoms with E-state index in [0.29, 0.717) is 27.0 Å². The van der Waals surface area contributed by atoms with Crippen LogP contribution in [0.3, 0.4) is 0 Å². The molecule has 0 atom stereocenters. The van der Waals surface area contributed by atoms with Crippen LogP contribution in [-0.2, 0) is 16.4 Å². The fourth-order valence-corrected chi connectivity index (χ4v) is 2.95. The van der Waals surface area contributed by atoms with Crippen LogP contribution in [0.5, 0.6) is 0 Å². The Morgan fingerprint density at radius 3 is 2.71 bits per heavy atom. The van der Waals surface area contributed by atoms with E-state index in [2.05, 4.69) is 5.10 Å². The molecule has 0 saturated heterocycles. The zero-order valence-electron chi connectivity index (χ0n) is 11.4. The van der Waals surface area contributed by atoms with Crippen molar-refractivity contribution in [1.82, 2.24) is 9.78 Å². The third-order valence-corrected chi connectivity index (χ3v) is 5.29. The Labute approximate surface area is 133 Å². The number of benzene rings is 1. The van der Waals surface area contributed by atoms with E-state index in [4.69, 9.17) is 28.9 Å². The molecule has 1 aromatic carbocycles. The molecule has 1 aromatic heterocycles. The zero-order valence-corrected chi connectivity index (χ0v) is 13.7. The number of halogens is 2. The molecule has 0 amide bonds. The number of nitrogens with zero attached hydrogens (tertiary/aromatic N) is 2. The average Bonchev–Trinajstić information content (AvgIpc) is 2.81. The first-order valence-corrected chi connectivity index (χ1v) is 8.89. The van der Waals surface area contributed by atoms with Crippen LogP contribution in [0.25, 0.3) is 11.3 Å². The van der Waals surface area contributed by atoms with Crippen molar-refractivity contribution in [2.24, 2.45) is 0 Å². The molecular weight excluding hydrogens is 333 g/mol. The van der Waals surface area contributed by atoms with Crippen molar-refractivity contribution in [2.75, 3.05) is 17.2 Å². The summed E-state index contributed by atoms with van der Waals surface area (Å²) in [6.07, 6.45) is 1.59. The summed E-state index contributed by atoms with van der Waals surface area (Å²) < 4.78 is 24.6. The van der Waals surface area contributed by atoms with E-state index in [1.165, 1.54) is 4.68 Å². The molecule has 0 unspecified atom stereocenters. The number of anilines is 1. The lowest BCUT2D eigenvalue weighted by molar-refractivity contribution is 0.582. The van der Waals surface area contributed by atoms with Gasteiger partial charge in [0, 0.05) is 22.5 Å². The molecule has 2 rings (SSSR count). The summed E-state index contributed by atoms with van der Waals surface area (Å²) in [5, 5.41) is 5.31. The predicted octanol–water partition coefficient (Wildman–Crippen LogP) is 2.87. The molecule has 0 aliphatic heterocycles. The highest BCUT2D eigenvalue weighted by molar-refractivity contribution is 7.91. The minimum Gasteiger partial charge on any atom is -0.396 e. The number of hydrogen-bond acceptors (Lipinski definition) is 4. The smallest absolute Gasteiger partial charge is 0.151 e. The highest BCUT2D eigenvalue weighted by atomic mass is 35.5. The van der Waals surface area contributed by atoms with Crippen molar-refractivity contribution in [3.05, 3.63) is 34.4 Å². The van der Waals surface area contributed by atoms with Gasteiger partial charge in [0.15, 0.2) is 9.84 Å².